The summed E-state index contributed by atoms with van der Waals surface area (Å²) in [4.78, 5) is 4.98. The summed E-state index contributed by atoms with van der Waals surface area (Å²) >= 11 is 0. The van der Waals surface area contributed by atoms with Gasteiger partial charge in [0.05, 0.1) is 17.1 Å². The zero-order valence-electron chi connectivity index (χ0n) is 43.1. The summed E-state index contributed by atoms with van der Waals surface area (Å²) in [6.07, 6.45) is 0. The number of para-hydroxylation sites is 2. The van der Waals surface area contributed by atoms with Crippen LogP contribution < -0.4 is 9.80 Å². The van der Waals surface area contributed by atoms with E-state index in [2.05, 4.69) is 315 Å². The average Bonchev–Trinajstić information content (AvgIpc) is 4.03. The van der Waals surface area contributed by atoms with Crippen molar-refractivity contribution in [2.24, 2.45) is 0 Å². The zero-order chi connectivity index (χ0) is 51.5. The van der Waals surface area contributed by atoms with Crippen LogP contribution in [0.25, 0.3) is 88.0 Å². The van der Waals surface area contributed by atoms with Crippen molar-refractivity contribution in [3.63, 3.8) is 0 Å². The van der Waals surface area contributed by atoms with Crippen LogP contribution in [0.3, 0.4) is 0 Å². The lowest BCUT2D eigenvalue weighted by molar-refractivity contribution is 0.667. The van der Waals surface area contributed by atoms with Crippen LogP contribution in [0.5, 0.6) is 0 Å². The Morgan fingerprint density at radius 3 is 1.18 bits per heavy atom. The second-order valence-electron chi connectivity index (χ2n) is 20.8. The molecule has 0 aromatic heterocycles. The first kappa shape index (κ1) is 45.8. The first-order valence-electron chi connectivity index (χ1n) is 26.8. The molecule has 0 amide bonds. The van der Waals surface area contributed by atoms with Gasteiger partial charge in [-0.25, -0.2) is 0 Å². The SMILES string of the molecule is CC1(C)c2cc(N(c3ccccc3)c3cc(-c4ccccc4)ccc3-c3ccccc3)c3ccccc3c2-c2c1c1ccc(N(c3ccccc3)c3cc(-c4ccccc4)ccc3-c3ccccc3)cc1c1ccccc21. The summed E-state index contributed by atoms with van der Waals surface area (Å²) in [7, 11) is 0. The van der Waals surface area contributed by atoms with Crippen molar-refractivity contribution in [1.82, 2.24) is 0 Å². The molecule has 364 valence electrons. The molecule has 14 rings (SSSR count). The smallest absolute Gasteiger partial charge is 0.0546 e. The van der Waals surface area contributed by atoms with E-state index in [4.69, 9.17) is 0 Å². The van der Waals surface area contributed by atoms with Gasteiger partial charge >= 0.3 is 0 Å². The van der Waals surface area contributed by atoms with Gasteiger partial charge in [0.1, 0.15) is 0 Å². The van der Waals surface area contributed by atoms with E-state index in [9.17, 15) is 0 Å². The van der Waals surface area contributed by atoms with Gasteiger partial charge in [0, 0.05) is 39.0 Å². The van der Waals surface area contributed by atoms with E-state index in [-0.39, 0.29) is 0 Å². The maximum absolute atomic E-state index is 2.53. The molecule has 0 saturated carbocycles. The summed E-state index contributed by atoms with van der Waals surface area (Å²) in [5.74, 6) is 0. The second-order valence-corrected chi connectivity index (χ2v) is 20.8. The summed E-state index contributed by atoms with van der Waals surface area (Å²) in [5, 5.41) is 7.46. The minimum atomic E-state index is -0.395. The largest absolute Gasteiger partial charge is 0.310 e. The van der Waals surface area contributed by atoms with Gasteiger partial charge in [-0.3, -0.25) is 0 Å². The van der Waals surface area contributed by atoms with Crippen LogP contribution in [0.4, 0.5) is 34.1 Å². The van der Waals surface area contributed by atoms with Crippen LogP contribution in [0.2, 0.25) is 0 Å². The molecule has 1 aliphatic rings. The molecule has 2 nitrogen and oxygen atoms in total. The van der Waals surface area contributed by atoms with E-state index in [1.54, 1.807) is 0 Å². The maximum atomic E-state index is 2.53. The molecule has 0 fully saturated rings. The quantitative estimate of drug-likeness (QED) is 0.126. The fourth-order valence-corrected chi connectivity index (χ4v) is 12.4. The molecule has 1 aliphatic carbocycles. The van der Waals surface area contributed by atoms with Crippen molar-refractivity contribution >= 4 is 66.4 Å². The highest BCUT2D eigenvalue weighted by molar-refractivity contribution is 6.23. The molecule has 0 radical (unpaired) electrons. The number of hydrogen-bond donors (Lipinski definition) is 0. The molecular weight excluding hydrogens is 929 g/mol. The Labute approximate surface area is 451 Å². The maximum Gasteiger partial charge on any atom is 0.0546 e. The normalized spacial score (nSPS) is 12.4. The summed E-state index contributed by atoms with van der Waals surface area (Å²) < 4.78 is 0. The van der Waals surface area contributed by atoms with Crippen LogP contribution in [0, 0.1) is 0 Å². The molecule has 0 aliphatic heterocycles. The number of benzene rings is 13. The fraction of sp³-hybridized carbons (Fsp3) is 0.0400. The van der Waals surface area contributed by atoms with Crippen molar-refractivity contribution in [2.75, 3.05) is 9.80 Å². The van der Waals surface area contributed by atoms with Gasteiger partial charge in [-0.05, 0) is 137 Å². The summed E-state index contributed by atoms with van der Waals surface area (Å²) in [6, 6.07) is 107. The van der Waals surface area contributed by atoms with Crippen molar-refractivity contribution in [3.05, 3.63) is 302 Å². The number of hydrogen-bond acceptors (Lipinski definition) is 2. The van der Waals surface area contributed by atoms with Crippen molar-refractivity contribution in [3.8, 4) is 55.6 Å². The topological polar surface area (TPSA) is 6.48 Å². The first-order chi connectivity index (χ1) is 38.0. The van der Waals surface area contributed by atoms with E-state index in [0.717, 1.165) is 34.1 Å². The lowest BCUT2D eigenvalue weighted by atomic mass is 9.78. The van der Waals surface area contributed by atoms with E-state index in [0.29, 0.717) is 0 Å². The van der Waals surface area contributed by atoms with Crippen LogP contribution in [-0.2, 0) is 5.41 Å². The molecule has 0 atom stereocenters. The second kappa shape index (κ2) is 18.9. The van der Waals surface area contributed by atoms with Gasteiger partial charge < -0.3 is 9.80 Å². The predicted molar refractivity (Wildman–Crippen MR) is 328 cm³/mol. The summed E-state index contributed by atoms with van der Waals surface area (Å²) in [6.45, 7) is 4.90. The lowest BCUT2D eigenvalue weighted by Crippen LogP contribution is -2.18. The number of nitrogens with zero attached hydrogens (tertiary/aromatic N) is 2. The Balaban J connectivity index is 1.01. The predicted octanol–water partition coefficient (Wildman–Crippen LogP) is 21.1. The zero-order valence-corrected chi connectivity index (χ0v) is 43.1. The summed E-state index contributed by atoms with van der Waals surface area (Å²) in [5.41, 5.74) is 21.0. The van der Waals surface area contributed by atoms with Gasteiger partial charge in [-0.15, -0.1) is 0 Å². The van der Waals surface area contributed by atoms with Crippen molar-refractivity contribution < 1.29 is 0 Å². The Morgan fingerprint density at radius 1 is 0.247 bits per heavy atom. The number of rotatable bonds is 10. The minimum absolute atomic E-state index is 0.395. The molecule has 0 spiro atoms. The monoisotopic (exact) mass is 982 g/mol. The van der Waals surface area contributed by atoms with E-state index in [1.807, 2.05) is 0 Å². The standard InChI is InChI=1S/C75H54N2/c1-75(2)68-50-71(77(58-35-19-8-20-36-58)70-48-56(52-27-11-4-12-28-52)42-45-61(70)54-31-15-6-16-32-54)63-38-22-24-40-65(63)72(68)73-64-39-23-21-37-62(64)67-49-59(43-46-66(67)74(73)75)76(57-33-17-7-18-34-57)69-47-55(51-25-9-3-10-26-51)41-44-60(69)53-29-13-5-14-30-53/h3-50H,1-2H3. The Hall–Kier alpha value is -9.76. The molecule has 0 bridgehead atoms. The third kappa shape index (κ3) is 7.80. The van der Waals surface area contributed by atoms with Gasteiger partial charge in [0.2, 0.25) is 0 Å². The Kier molecular flexibility index (Phi) is 11.2. The van der Waals surface area contributed by atoms with E-state index < -0.39 is 5.41 Å². The average molecular weight is 983 g/mol. The van der Waals surface area contributed by atoms with Gasteiger partial charge in [0.15, 0.2) is 0 Å². The third-order valence-corrected chi connectivity index (χ3v) is 16.0. The molecular formula is C75H54N2. The molecule has 0 N–H and O–H groups in total. The Bertz CT molecular complexity index is 4320. The Morgan fingerprint density at radius 2 is 0.662 bits per heavy atom. The number of fused-ring (bicyclic) bond motifs is 10. The number of anilines is 6. The lowest BCUT2D eigenvalue weighted by Gasteiger charge is -2.32. The van der Waals surface area contributed by atoms with Crippen LogP contribution >= 0.6 is 0 Å². The van der Waals surface area contributed by atoms with Gasteiger partial charge in [0.25, 0.3) is 0 Å². The van der Waals surface area contributed by atoms with Gasteiger partial charge in [-0.1, -0.05) is 250 Å². The molecule has 13 aromatic rings. The molecule has 2 heteroatoms. The molecule has 13 aromatic carbocycles. The molecule has 77 heavy (non-hydrogen) atoms. The molecule has 0 unspecified atom stereocenters. The van der Waals surface area contributed by atoms with E-state index >= 15 is 0 Å². The fourth-order valence-electron chi connectivity index (χ4n) is 12.4. The highest BCUT2D eigenvalue weighted by Crippen LogP contribution is 2.59. The van der Waals surface area contributed by atoms with Crippen molar-refractivity contribution in [1.29, 1.82) is 0 Å². The van der Waals surface area contributed by atoms with Gasteiger partial charge in [-0.2, -0.15) is 0 Å². The minimum Gasteiger partial charge on any atom is -0.310 e. The van der Waals surface area contributed by atoms with Crippen LogP contribution in [0.1, 0.15) is 25.0 Å². The van der Waals surface area contributed by atoms with Crippen LogP contribution in [0.15, 0.2) is 291 Å². The van der Waals surface area contributed by atoms with Crippen LogP contribution in [-0.4, -0.2) is 0 Å². The van der Waals surface area contributed by atoms with E-state index in [1.165, 1.54) is 99.1 Å². The van der Waals surface area contributed by atoms with Crippen molar-refractivity contribution in [2.45, 2.75) is 19.3 Å². The highest BCUT2D eigenvalue weighted by Gasteiger charge is 2.41. The molecule has 0 heterocycles. The third-order valence-electron chi connectivity index (χ3n) is 16.0. The first-order valence-corrected chi connectivity index (χ1v) is 26.8. The highest BCUT2D eigenvalue weighted by atomic mass is 15.2. The molecule has 0 saturated heterocycles.